The first-order valence-electron chi connectivity index (χ1n) is 3.59. The average Bonchev–Trinajstić information content (AvgIpc) is 2.00. The van der Waals surface area contributed by atoms with Crippen LogP contribution in [-0.4, -0.2) is 36.1 Å². The molecule has 11 heavy (non-hydrogen) atoms. The number of hydrogen-bond donors (Lipinski definition) is 1. The molecule has 0 aliphatic heterocycles. The van der Waals surface area contributed by atoms with Crippen molar-refractivity contribution in [2.45, 2.75) is 19.4 Å². The second kappa shape index (κ2) is 4.13. The molecule has 0 saturated carbocycles. The predicted octanol–water partition coefficient (Wildman–Crippen LogP) is 0.402. The number of nitrogens with zero attached hydrogens (tertiary/aromatic N) is 1. The highest BCUT2D eigenvalue weighted by Crippen LogP contribution is 2.05. The van der Waals surface area contributed by atoms with Crippen LogP contribution < -0.4 is 0 Å². The molecule has 3 heteroatoms. The third-order valence-electron chi connectivity index (χ3n) is 1.47. The van der Waals surface area contributed by atoms with Crippen molar-refractivity contribution < 1.29 is 9.90 Å². The molecule has 0 aromatic carbocycles. The van der Waals surface area contributed by atoms with Crippen molar-refractivity contribution in [1.29, 1.82) is 0 Å². The predicted molar refractivity (Wildman–Crippen MR) is 44.1 cm³/mol. The fourth-order valence-electron chi connectivity index (χ4n) is 0.676. The Morgan fingerprint density at radius 1 is 1.64 bits per heavy atom. The summed E-state index contributed by atoms with van der Waals surface area (Å²) in [7, 11) is 3.27. The Kier molecular flexibility index (Phi) is 3.82. The topological polar surface area (TPSA) is 40.5 Å². The Morgan fingerprint density at radius 3 is 2.36 bits per heavy atom. The van der Waals surface area contributed by atoms with Gasteiger partial charge in [-0.15, -0.1) is 0 Å². The van der Waals surface area contributed by atoms with Crippen LogP contribution in [0.4, 0.5) is 0 Å². The van der Waals surface area contributed by atoms with Crippen LogP contribution in [-0.2, 0) is 4.79 Å². The van der Waals surface area contributed by atoms with Crippen LogP contribution >= 0.6 is 0 Å². The van der Waals surface area contributed by atoms with Gasteiger partial charge in [-0.05, 0) is 6.42 Å². The minimum absolute atomic E-state index is 0.209. The van der Waals surface area contributed by atoms with Gasteiger partial charge in [0.05, 0.1) is 6.10 Å². The first kappa shape index (κ1) is 10.2. The number of likely N-dealkylation sites (N-methyl/N-ethyl adjacent to an activating group) is 1. The minimum Gasteiger partial charge on any atom is -0.388 e. The maximum Gasteiger partial charge on any atom is 0.251 e. The van der Waals surface area contributed by atoms with Crippen LogP contribution in [0.2, 0.25) is 0 Å². The molecule has 0 saturated heterocycles. The van der Waals surface area contributed by atoms with Crippen LogP contribution in [0.25, 0.3) is 0 Å². The van der Waals surface area contributed by atoms with Gasteiger partial charge in [-0.2, -0.15) is 0 Å². The van der Waals surface area contributed by atoms with Gasteiger partial charge in [0.2, 0.25) is 0 Å². The molecule has 0 aliphatic carbocycles. The molecule has 0 aliphatic rings. The molecule has 1 atom stereocenters. The number of aliphatic hydroxyl groups excluding tert-OH is 1. The summed E-state index contributed by atoms with van der Waals surface area (Å²) in [5.74, 6) is -0.209. The van der Waals surface area contributed by atoms with Crippen molar-refractivity contribution in [3.8, 4) is 0 Å². The van der Waals surface area contributed by atoms with E-state index in [9.17, 15) is 9.90 Å². The van der Waals surface area contributed by atoms with Crippen molar-refractivity contribution in [3.05, 3.63) is 12.2 Å². The summed E-state index contributed by atoms with van der Waals surface area (Å²) in [4.78, 5) is 12.5. The van der Waals surface area contributed by atoms with Crippen molar-refractivity contribution in [2.24, 2.45) is 0 Å². The lowest BCUT2D eigenvalue weighted by Gasteiger charge is -2.15. The third-order valence-corrected chi connectivity index (χ3v) is 1.47. The lowest BCUT2D eigenvalue weighted by Crippen LogP contribution is -2.28. The molecule has 64 valence electrons. The Bertz CT molecular complexity index is 163. The molecule has 1 amide bonds. The molecule has 1 N–H and O–H groups in total. The second-order valence-electron chi connectivity index (χ2n) is 2.65. The van der Waals surface area contributed by atoms with Gasteiger partial charge in [0.25, 0.3) is 5.91 Å². The molecule has 0 rings (SSSR count). The Morgan fingerprint density at radius 2 is 2.09 bits per heavy atom. The first-order chi connectivity index (χ1) is 5.00. The van der Waals surface area contributed by atoms with E-state index in [4.69, 9.17) is 0 Å². The molecule has 0 radical (unpaired) electrons. The highest BCUT2D eigenvalue weighted by atomic mass is 16.3. The lowest BCUT2D eigenvalue weighted by molar-refractivity contribution is -0.125. The molecule has 0 aromatic heterocycles. The maximum atomic E-state index is 11.1. The largest absolute Gasteiger partial charge is 0.388 e. The number of aliphatic hydroxyl groups is 1. The van der Waals surface area contributed by atoms with Gasteiger partial charge >= 0.3 is 0 Å². The van der Waals surface area contributed by atoms with Gasteiger partial charge < -0.3 is 10.0 Å². The van der Waals surface area contributed by atoms with E-state index in [0.717, 1.165) is 0 Å². The number of hydrogen-bond acceptors (Lipinski definition) is 2. The van der Waals surface area contributed by atoms with Gasteiger partial charge in [0.15, 0.2) is 0 Å². The van der Waals surface area contributed by atoms with E-state index in [-0.39, 0.29) is 11.5 Å². The van der Waals surface area contributed by atoms with Crippen molar-refractivity contribution in [2.75, 3.05) is 14.1 Å². The number of rotatable bonds is 3. The molecule has 0 fully saturated rings. The number of carbonyl (C=O) groups excluding carboxylic acids is 1. The monoisotopic (exact) mass is 157 g/mol. The van der Waals surface area contributed by atoms with Crippen molar-refractivity contribution >= 4 is 5.91 Å². The average molecular weight is 157 g/mol. The summed E-state index contributed by atoms with van der Waals surface area (Å²) in [6.45, 7) is 5.31. The molecule has 3 nitrogen and oxygen atoms in total. The van der Waals surface area contributed by atoms with E-state index >= 15 is 0 Å². The summed E-state index contributed by atoms with van der Waals surface area (Å²) in [5.41, 5.74) is 0.262. The van der Waals surface area contributed by atoms with Gasteiger partial charge in [-0.3, -0.25) is 4.79 Å². The molecule has 0 spiro atoms. The molecular weight excluding hydrogens is 142 g/mol. The third kappa shape index (κ3) is 2.72. The van der Waals surface area contributed by atoms with Gasteiger partial charge in [0, 0.05) is 19.7 Å². The van der Waals surface area contributed by atoms with E-state index in [1.54, 1.807) is 21.0 Å². The van der Waals surface area contributed by atoms with E-state index in [2.05, 4.69) is 6.58 Å². The minimum atomic E-state index is -0.704. The smallest absolute Gasteiger partial charge is 0.251 e. The lowest BCUT2D eigenvalue weighted by atomic mass is 10.1. The van der Waals surface area contributed by atoms with Crippen LogP contribution in [0.1, 0.15) is 13.3 Å². The van der Waals surface area contributed by atoms with E-state index in [1.165, 1.54) is 4.90 Å². The molecule has 0 aromatic rings. The summed E-state index contributed by atoms with van der Waals surface area (Å²) in [6.07, 6.45) is -0.178. The highest BCUT2D eigenvalue weighted by molar-refractivity contribution is 5.93. The first-order valence-corrected chi connectivity index (χ1v) is 3.59. The number of amides is 1. The van der Waals surface area contributed by atoms with Crippen LogP contribution in [0, 0.1) is 0 Å². The normalized spacial score (nSPS) is 12.4. The van der Waals surface area contributed by atoms with Crippen LogP contribution in [0.3, 0.4) is 0 Å². The fraction of sp³-hybridized carbons (Fsp3) is 0.625. The van der Waals surface area contributed by atoms with E-state index in [0.29, 0.717) is 6.42 Å². The number of carbonyl (C=O) groups is 1. The quantitative estimate of drug-likeness (QED) is 0.602. The summed E-state index contributed by atoms with van der Waals surface area (Å²) < 4.78 is 0. The van der Waals surface area contributed by atoms with E-state index < -0.39 is 6.10 Å². The van der Waals surface area contributed by atoms with Gasteiger partial charge in [-0.25, -0.2) is 0 Å². The van der Waals surface area contributed by atoms with Gasteiger partial charge in [-0.1, -0.05) is 13.5 Å². The van der Waals surface area contributed by atoms with Crippen molar-refractivity contribution in [1.82, 2.24) is 4.90 Å². The fourth-order valence-corrected chi connectivity index (χ4v) is 0.676. The SMILES string of the molecule is C=C(C(=O)N(C)C)C(O)CC. The van der Waals surface area contributed by atoms with E-state index in [1.807, 2.05) is 0 Å². The van der Waals surface area contributed by atoms with Crippen molar-refractivity contribution in [3.63, 3.8) is 0 Å². The Balaban J connectivity index is 4.14. The molecule has 0 heterocycles. The zero-order chi connectivity index (χ0) is 9.02. The zero-order valence-corrected chi connectivity index (χ0v) is 7.29. The molecular formula is C8H15NO2. The maximum absolute atomic E-state index is 11.1. The summed E-state index contributed by atoms with van der Waals surface area (Å²) >= 11 is 0. The summed E-state index contributed by atoms with van der Waals surface area (Å²) in [6, 6.07) is 0. The Hall–Kier alpha value is -0.830. The Labute approximate surface area is 67.3 Å². The molecule has 0 bridgehead atoms. The molecule has 1 unspecified atom stereocenters. The highest BCUT2D eigenvalue weighted by Gasteiger charge is 2.15. The van der Waals surface area contributed by atoms with Crippen LogP contribution in [0.15, 0.2) is 12.2 Å². The second-order valence-corrected chi connectivity index (χ2v) is 2.65. The van der Waals surface area contributed by atoms with Gasteiger partial charge in [0.1, 0.15) is 0 Å². The standard InChI is InChI=1S/C8H15NO2/c1-5-7(10)6(2)8(11)9(3)4/h7,10H,2,5H2,1,3-4H3. The zero-order valence-electron chi connectivity index (χ0n) is 7.29. The summed E-state index contributed by atoms with van der Waals surface area (Å²) in [5, 5.41) is 9.20. The van der Waals surface area contributed by atoms with Crippen LogP contribution in [0.5, 0.6) is 0 Å².